The minimum atomic E-state index is -0.671. The summed E-state index contributed by atoms with van der Waals surface area (Å²) in [6.07, 6.45) is 1.29. The molecule has 1 aromatic carbocycles. The van der Waals surface area contributed by atoms with Crippen LogP contribution in [0.4, 0.5) is 5.69 Å². The Bertz CT molecular complexity index is 624. The van der Waals surface area contributed by atoms with Gasteiger partial charge >= 0.3 is 0 Å². The molecule has 0 aliphatic carbocycles. The molecule has 1 atom stereocenters. The number of amides is 1. The zero-order chi connectivity index (χ0) is 15.2. The number of para-hydroxylation sites is 1. The van der Waals surface area contributed by atoms with Crippen LogP contribution in [0, 0.1) is 10.1 Å². The van der Waals surface area contributed by atoms with Crippen molar-refractivity contribution in [1.82, 2.24) is 5.32 Å². The lowest BCUT2D eigenvalue weighted by atomic mass is 10.1. The van der Waals surface area contributed by atoms with Gasteiger partial charge in [0.2, 0.25) is 5.91 Å². The van der Waals surface area contributed by atoms with Crippen LogP contribution < -0.4 is 5.32 Å². The van der Waals surface area contributed by atoms with Crippen LogP contribution in [-0.2, 0) is 11.2 Å². The number of hydrogen-bond acceptors (Lipinski definition) is 5. The topological polar surface area (TPSA) is 106 Å². The zero-order valence-corrected chi connectivity index (χ0v) is 11.1. The van der Waals surface area contributed by atoms with Gasteiger partial charge in [0.05, 0.1) is 24.2 Å². The number of carbonyl (C=O) groups is 1. The van der Waals surface area contributed by atoms with Crippen LogP contribution >= 0.6 is 0 Å². The van der Waals surface area contributed by atoms with Crippen molar-refractivity contribution in [1.29, 1.82) is 0 Å². The highest BCUT2D eigenvalue weighted by Crippen LogP contribution is 2.19. The fourth-order valence-electron chi connectivity index (χ4n) is 1.95. The van der Waals surface area contributed by atoms with Crippen LogP contribution in [0.3, 0.4) is 0 Å². The Kier molecular flexibility index (Phi) is 4.68. The maximum absolute atomic E-state index is 12.0. The third-order valence-corrected chi connectivity index (χ3v) is 2.94. The molecule has 0 fully saturated rings. The van der Waals surface area contributed by atoms with E-state index in [1.165, 1.54) is 18.4 Å². The Morgan fingerprint density at radius 1 is 1.33 bits per heavy atom. The van der Waals surface area contributed by atoms with Gasteiger partial charge in [-0.15, -0.1) is 0 Å². The minimum Gasteiger partial charge on any atom is -0.467 e. The highest BCUT2D eigenvalue weighted by atomic mass is 16.6. The molecule has 0 bridgehead atoms. The molecule has 21 heavy (non-hydrogen) atoms. The summed E-state index contributed by atoms with van der Waals surface area (Å²) in [6.45, 7) is -0.323. The van der Waals surface area contributed by atoms with Gasteiger partial charge in [-0.25, -0.2) is 0 Å². The van der Waals surface area contributed by atoms with Gasteiger partial charge in [-0.05, 0) is 12.1 Å². The molecule has 7 nitrogen and oxygen atoms in total. The minimum absolute atomic E-state index is 0.105. The van der Waals surface area contributed by atoms with Gasteiger partial charge in [0.25, 0.3) is 5.69 Å². The molecule has 0 saturated carbocycles. The van der Waals surface area contributed by atoms with Crippen molar-refractivity contribution in [3.05, 3.63) is 64.1 Å². The third kappa shape index (κ3) is 3.67. The van der Waals surface area contributed by atoms with Crippen LogP contribution in [-0.4, -0.2) is 22.5 Å². The fraction of sp³-hybridized carbons (Fsp3) is 0.214. The molecule has 0 aliphatic rings. The molecule has 2 rings (SSSR count). The van der Waals surface area contributed by atoms with Gasteiger partial charge in [0.1, 0.15) is 11.8 Å². The molecule has 0 radical (unpaired) electrons. The van der Waals surface area contributed by atoms with E-state index >= 15 is 0 Å². The van der Waals surface area contributed by atoms with Crippen molar-refractivity contribution >= 4 is 11.6 Å². The highest BCUT2D eigenvalue weighted by molar-refractivity contribution is 5.80. The monoisotopic (exact) mass is 290 g/mol. The first-order valence-corrected chi connectivity index (χ1v) is 6.27. The van der Waals surface area contributed by atoms with Crippen LogP contribution in [0.5, 0.6) is 0 Å². The lowest BCUT2D eigenvalue weighted by molar-refractivity contribution is -0.385. The molecule has 7 heteroatoms. The first kappa shape index (κ1) is 14.7. The van der Waals surface area contributed by atoms with Gasteiger partial charge < -0.3 is 14.8 Å². The summed E-state index contributed by atoms with van der Waals surface area (Å²) >= 11 is 0. The molecule has 1 unspecified atom stereocenters. The lowest BCUT2D eigenvalue weighted by Gasteiger charge is -2.13. The quantitative estimate of drug-likeness (QED) is 0.620. The second kappa shape index (κ2) is 6.67. The Balaban J connectivity index is 2.07. The molecule has 2 N–H and O–H groups in total. The summed E-state index contributed by atoms with van der Waals surface area (Å²) in [7, 11) is 0. The summed E-state index contributed by atoms with van der Waals surface area (Å²) < 4.78 is 5.12. The number of nitro groups is 1. The number of benzene rings is 1. The summed E-state index contributed by atoms with van der Waals surface area (Å²) in [5.74, 6) is -0.00633. The predicted octanol–water partition coefficient (Wildman–Crippen LogP) is 1.58. The van der Waals surface area contributed by atoms with Gasteiger partial charge in [-0.1, -0.05) is 18.2 Å². The normalized spacial score (nSPS) is 11.9. The van der Waals surface area contributed by atoms with Crippen molar-refractivity contribution in [3.8, 4) is 0 Å². The molecule has 110 valence electrons. The Morgan fingerprint density at radius 3 is 2.71 bits per heavy atom. The van der Waals surface area contributed by atoms with E-state index in [2.05, 4.69) is 5.32 Å². The number of furan rings is 1. The second-order valence-corrected chi connectivity index (χ2v) is 4.38. The molecule has 0 spiro atoms. The standard InChI is InChI=1S/C14H14N2O5/c17-9-11(13-6-3-7-21-13)15-14(18)8-10-4-1-2-5-12(10)16(19)20/h1-7,11,17H,8-9H2,(H,15,18). The number of hydrogen-bond donors (Lipinski definition) is 2. The van der Waals surface area contributed by atoms with E-state index in [0.29, 0.717) is 11.3 Å². The second-order valence-electron chi connectivity index (χ2n) is 4.38. The number of aliphatic hydroxyl groups excluding tert-OH is 1. The van der Waals surface area contributed by atoms with Crippen molar-refractivity contribution in [2.24, 2.45) is 0 Å². The molecular formula is C14H14N2O5. The summed E-state index contributed by atoms with van der Waals surface area (Å²) in [4.78, 5) is 22.3. The first-order valence-electron chi connectivity index (χ1n) is 6.27. The number of nitrogens with one attached hydrogen (secondary N) is 1. The molecule has 2 aromatic rings. The number of carbonyl (C=O) groups excluding carboxylic acids is 1. The maximum atomic E-state index is 12.0. The van der Waals surface area contributed by atoms with E-state index in [1.54, 1.807) is 24.3 Å². The van der Waals surface area contributed by atoms with Gasteiger partial charge in [0.15, 0.2) is 0 Å². The summed E-state index contributed by atoms with van der Waals surface area (Å²) in [6, 6.07) is 8.65. The van der Waals surface area contributed by atoms with Crippen LogP contribution in [0.2, 0.25) is 0 Å². The SMILES string of the molecule is O=C(Cc1ccccc1[N+](=O)[O-])NC(CO)c1ccco1. The average Bonchev–Trinajstić information content (AvgIpc) is 2.99. The van der Waals surface area contributed by atoms with E-state index < -0.39 is 16.9 Å². The molecule has 1 aromatic heterocycles. The zero-order valence-electron chi connectivity index (χ0n) is 11.1. The Hall–Kier alpha value is -2.67. The van der Waals surface area contributed by atoms with Crippen molar-refractivity contribution in [2.45, 2.75) is 12.5 Å². The fourth-order valence-corrected chi connectivity index (χ4v) is 1.95. The number of aliphatic hydroxyl groups is 1. The maximum Gasteiger partial charge on any atom is 0.273 e. The van der Waals surface area contributed by atoms with E-state index in [-0.39, 0.29) is 18.7 Å². The van der Waals surface area contributed by atoms with Gasteiger partial charge in [-0.3, -0.25) is 14.9 Å². The van der Waals surface area contributed by atoms with Gasteiger partial charge in [-0.2, -0.15) is 0 Å². The summed E-state index contributed by atoms with van der Waals surface area (Å²) in [5.41, 5.74) is 0.210. The van der Waals surface area contributed by atoms with Crippen molar-refractivity contribution in [3.63, 3.8) is 0 Å². The van der Waals surface area contributed by atoms with E-state index in [4.69, 9.17) is 4.42 Å². The average molecular weight is 290 g/mol. The van der Waals surface area contributed by atoms with Crippen LogP contribution in [0.15, 0.2) is 47.1 Å². The van der Waals surface area contributed by atoms with Crippen molar-refractivity contribution < 1.29 is 19.2 Å². The van der Waals surface area contributed by atoms with Crippen molar-refractivity contribution in [2.75, 3.05) is 6.61 Å². The van der Waals surface area contributed by atoms with Crippen LogP contribution in [0.1, 0.15) is 17.4 Å². The Labute approximate surface area is 120 Å². The number of rotatable bonds is 6. The number of nitrogens with zero attached hydrogens (tertiary/aromatic N) is 1. The summed E-state index contributed by atoms with van der Waals surface area (Å²) in [5, 5.41) is 22.7. The van der Waals surface area contributed by atoms with Crippen LogP contribution in [0.25, 0.3) is 0 Å². The largest absolute Gasteiger partial charge is 0.467 e. The molecule has 1 amide bonds. The van der Waals surface area contributed by atoms with Gasteiger partial charge in [0, 0.05) is 11.6 Å². The molecular weight excluding hydrogens is 276 g/mol. The Morgan fingerprint density at radius 2 is 2.10 bits per heavy atom. The first-order chi connectivity index (χ1) is 10.1. The van der Waals surface area contributed by atoms with E-state index in [0.717, 1.165) is 0 Å². The number of nitro benzene ring substituents is 1. The van der Waals surface area contributed by atoms with E-state index in [9.17, 15) is 20.0 Å². The molecule has 1 heterocycles. The highest BCUT2D eigenvalue weighted by Gasteiger charge is 2.19. The van der Waals surface area contributed by atoms with E-state index in [1.807, 2.05) is 0 Å². The predicted molar refractivity (Wildman–Crippen MR) is 73.5 cm³/mol. The smallest absolute Gasteiger partial charge is 0.273 e. The molecule has 0 aliphatic heterocycles. The molecule has 0 saturated heterocycles. The lowest BCUT2D eigenvalue weighted by Crippen LogP contribution is -2.31. The third-order valence-electron chi connectivity index (χ3n) is 2.94.